The van der Waals surface area contributed by atoms with Crippen molar-refractivity contribution in [3.8, 4) is 6.07 Å². The summed E-state index contributed by atoms with van der Waals surface area (Å²) in [4.78, 5) is 14.4. The molecule has 0 saturated heterocycles. The second-order valence-electron chi connectivity index (χ2n) is 3.39. The largest absolute Gasteiger partial charge is 0.475 e. The minimum Gasteiger partial charge on any atom is -0.475 e. The van der Waals surface area contributed by atoms with Gasteiger partial charge in [0.1, 0.15) is 0 Å². The zero-order valence-corrected chi connectivity index (χ0v) is 8.71. The van der Waals surface area contributed by atoms with Gasteiger partial charge in [-0.3, -0.25) is 5.10 Å². The average molecular weight is 228 g/mol. The molecule has 0 fully saturated rings. The Morgan fingerprint density at radius 3 is 3.00 bits per heavy atom. The molecular formula is C11H8N4O2. The molecule has 0 amide bonds. The highest BCUT2D eigenvalue weighted by Crippen LogP contribution is 2.08. The van der Waals surface area contributed by atoms with Gasteiger partial charge in [0.25, 0.3) is 0 Å². The van der Waals surface area contributed by atoms with Gasteiger partial charge in [-0.25, -0.2) is 9.78 Å². The van der Waals surface area contributed by atoms with E-state index in [2.05, 4.69) is 15.2 Å². The van der Waals surface area contributed by atoms with E-state index < -0.39 is 5.97 Å². The van der Waals surface area contributed by atoms with Crippen LogP contribution >= 0.6 is 0 Å². The number of aromatic nitrogens is 3. The third-order valence-corrected chi connectivity index (χ3v) is 2.15. The Bertz CT molecular complexity index is 598. The number of nitriles is 1. The van der Waals surface area contributed by atoms with Crippen molar-refractivity contribution in [3.63, 3.8) is 0 Å². The number of nitrogens with one attached hydrogen (secondary N) is 1. The van der Waals surface area contributed by atoms with Gasteiger partial charge in [-0.15, -0.1) is 0 Å². The number of H-pyrrole nitrogens is 1. The highest BCUT2D eigenvalue weighted by atomic mass is 16.4. The Morgan fingerprint density at radius 2 is 2.35 bits per heavy atom. The lowest BCUT2D eigenvalue weighted by Crippen LogP contribution is -1.99. The summed E-state index contributed by atoms with van der Waals surface area (Å²) in [6.45, 7) is 0. The number of hydrogen-bond donors (Lipinski definition) is 2. The topological polar surface area (TPSA) is 103 Å². The molecule has 1 heterocycles. The van der Waals surface area contributed by atoms with E-state index in [4.69, 9.17) is 10.4 Å². The standard InChI is InChI=1S/C11H8N4O2/c12-6-8-3-1-2-7(4-8)5-9-13-10(11(16)17)15-14-9/h1-4H,5H2,(H,16,17)(H,13,14,15). The Labute approximate surface area is 96.5 Å². The molecule has 6 heteroatoms. The van der Waals surface area contributed by atoms with Crippen molar-refractivity contribution >= 4 is 5.97 Å². The molecule has 6 nitrogen and oxygen atoms in total. The van der Waals surface area contributed by atoms with Crippen LogP contribution in [0.4, 0.5) is 0 Å². The van der Waals surface area contributed by atoms with E-state index in [9.17, 15) is 4.79 Å². The van der Waals surface area contributed by atoms with Crippen LogP contribution in [-0.4, -0.2) is 26.3 Å². The van der Waals surface area contributed by atoms with Crippen LogP contribution in [0.2, 0.25) is 0 Å². The monoisotopic (exact) mass is 228 g/mol. The minimum atomic E-state index is -1.14. The molecule has 2 N–H and O–H groups in total. The maximum atomic E-state index is 10.6. The summed E-state index contributed by atoms with van der Waals surface area (Å²) >= 11 is 0. The van der Waals surface area contributed by atoms with E-state index in [0.29, 0.717) is 17.8 Å². The first-order chi connectivity index (χ1) is 8.19. The van der Waals surface area contributed by atoms with Crippen LogP contribution in [0.15, 0.2) is 24.3 Å². The summed E-state index contributed by atoms with van der Waals surface area (Å²) in [5.41, 5.74) is 1.41. The molecule has 1 aromatic carbocycles. The van der Waals surface area contributed by atoms with Crippen LogP contribution in [-0.2, 0) is 6.42 Å². The maximum absolute atomic E-state index is 10.6. The van der Waals surface area contributed by atoms with Crippen molar-refractivity contribution in [2.75, 3.05) is 0 Å². The van der Waals surface area contributed by atoms with Gasteiger partial charge in [-0.2, -0.15) is 10.4 Å². The maximum Gasteiger partial charge on any atom is 0.373 e. The average Bonchev–Trinajstić information content (AvgIpc) is 2.78. The molecule has 0 atom stereocenters. The molecule has 0 radical (unpaired) electrons. The summed E-state index contributed by atoms with van der Waals surface area (Å²) in [6.07, 6.45) is 0.388. The molecule has 2 aromatic rings. The molecule has 0 spiro atoms. The lowest BCUT2D eigenvalue weighted by Gasteiger charge is -1.96. The van der Waals surface area contributed by atoms with Crippen LogP contribution in [0.25, 0.3) is 0 Å². The van der Waals surface area contributed by atoms with Gasteiger partial charge >= 0.3 is 5.97 Å². The summed E-state index contributed by atoms with van der Waals surface area (Å²) in [7, 11) is 0. The summed E-state index contributed by atoms with van der Waals surface area (Å²) in [6, 6.07) is 9.04. The van der Waals surface area contributed by atoms with Crippen molar-refractivity contribution in [2.45, 2.75) is 6.42 Å². The third-order valence-electron chi connectivity index (χ3n) is 2.15. The molecule has 1 aromatic heterocycles. The molecule has 2 rings (SSSR count). The highest BCUT2D eigenvalue weighted by Gasteiger charge is 2.10. The number of carboxylic acid groups (broad SMARTS) is 1. The quantitative estimate of drug-likeness (QED) is 0.814. The number of benzene rings is 1. The number of aromatic carboxylic acids is 1. The number of carboxylic acids is 1. The fraction of sp³-hybridized carbons (Fsp3) is 0.0909. The summed E-state index contributed by atoms with van der Waals surface area (Å²) < 4.78 is 0. The van der Waals surface area contributed by atoms with Crippen LogP contribution < -0.4 is 0 Å². The predicted octanol–water partition coefficient (Wildman–Crippen LogP) is 0.965. The zero-order chi connectivity index (χ0) is 12.3. The number of nitrogens with zero attached hydrogens (tertiary/aromatic N) is 3. The van der Waals surface area contributed by atoms with E-state index in [1.807, 2.05) is 12.1 Å². The molecule has 0 aliphatic carbocycles. The molecule has 84 valence electrons. The lowest BCUT2D eigenvalue weighted by molar-refractivity contribution is 0.0684. The number of rotatable bonds is 3. The van der Waals surface area contributed by atoms with E-state index in [1.54, 1.807) is 18.2 Å². The molecule has 0 aliphatic rings. The van der Waals surface area contributed by atoms with E-state index in [0.717, 1.165) is 5.56 Å². The molecule has 0 bridgehead atoms. The molecule has 0 saturated carbocycles. The predicted molar refractivity (Wildman–Crippen MR) is 57.3 cm³/mol. The van der Waals surface area contributed by atoms with Crippen molar-refractivity contribution in [1.29, 1.82) is 5.26 Å². The van der Waals surface area contributed by atoms with Crippen LogP contribution in [0, 0.1) is 11.3 Å². The second-order valence-corrected chi connectivity index (χ2v) is 3.39. The molecular weight excluding hydrogens is 220 g/mol. The van der Waals surface area contributed by atoms with Crippen molar-refractivity contribution in [2.24, 2.45) is 0 Å². The first-order valence-corrected chi connectivity index (χ1v) is 4.82. The third kappa shape index (κ3) is 2.46. The number of hydrogen-bond acceptors (Lipinski definition) is 4. The zero-order valence-electron chi connectivity index (χ0n) is 8.71. The minimum absolute atomic E-state index is 0.184. The van der Waals surface area contributed by atoms with Gasteiger partial charge < -0.3 is 5.11 Å². The SMILES string of the molecule is N#Cc1cccc(Cc2n[nH]c(C(=O)O)n2)c1. The van der Waals surface area contributed by atoms with Crippen molar-refractivity contribution < 1.29 is 9.90 Å². The highest BCUT2D eigenvalue weighted by molar-refractivity contribution is 5.82. The Balaban J connectivity index is 2.19. The van der Waals surface area contributed by atoms with Gasteiger partial charge in [0.2, 0.25) is 5.82 Å². The Hall–Kier alpha value is -2.68. The van der Waals surface area contributed by atoms with E-state index in [-0.39, 0.29) is 5.82 Å². The van der Waals surface area contributed by atoms with Gasteiger partial charge in [0, 0.05) is 6.42 Å². The van der Waals surface area contributed by atoms with Crippen molar-refractivity contribution in [1.82, 2.24) is 15.2 Å². The molecule has 17 heavy (non-hydrogen) atoms. The van der Waals surface area contributed by atoms with Gasteiger partial charge in [-0.1, -0.05) is 12.1 Å². The van der Waals surface area contributed by atoms with Gasteiger partial charge in [0.15, 0.2) is 5.82 Å². The first-order valence-electron chi connectivity index (χ1n) is 4.82. The molecule has 0 aliphatic heterocycles. The first kappa shape index (κ1) is 10.8. The van der Waals surface area contributed by atoms with Crippen LogP contribution in [0.3, 0.4) is 0 Å². The van der Waals surface area contributed by atoms with E-state index >= 15 is 0 Å². The van der Waals surface area contributed by atoms with Crippen LogP contribution in [0.1, 0.15) is 27.6 Å². The smallest absolute Gasteiger partial charge is 0.373 e. The second kappa shape index (κ2) is 4.45. The van der Waals surface area contributed by atoms with Gasteiger partial charge in [0.05, 0.1) is 11.6 Å². The number of carbonyl (C=O) groups is 1. The molecule has 0 unspecified atom stereocenters. The summed E-state index contributed by atoms with van der Waals surface area (Å²) in [5, 5.41) is 23.5. The van der Waals surface area contributed by atoms with Gasteiger partial charge in [-0.05, 0) is 17.7 Å². The van der Waals surface area contributed by atoms with Crippen LogP contribution in [0.5, 0.6) is 0 Å². The number of aromatic amines is 1. The fourth-order valence-electron chi connectivity index (χ4n) is 1.40. The Kier molecular flexibility index (Phi) is 2.83. The summed E-state index contributed by atoms with van der Waals surface area (Å²) in [5.74, 6) is -0.941. The Morgan fingerprint density at radius 1 is 1.53 bits per heavy atom. The normalized spacial score (nSPS) is 9.82. The van der Waals surface area contributed by atoms with E-state index in [1.165, 1.54) is 0 Å². The lowest BCUT2D eigenvalue weighted by atomic mass is 10.1. The van der Waals surface area contributed by atoms with Crippen molar-refractivity contribution in [3.05, 3.63) is 47.0 Å². The fourth-order valence-corrected chi connectivity index (χ4v) is 1.40.